The Hall–Kier alpha value is -1.30. The fourth-order valence-corrected chi connectivity index (χ4v) is 0.906. The van der Waals surface area contributed by atoms with Gasteiger partial charge in [0.05, 0.1) is 7.11 Å². The van der Waals surface area contributed by atoms with Gasteiger partial charge in [-0.15, -0.1) is 0 Å². The van der Waals surface area contributed by atoms with Crippen LogP contribution in [0.5, 0.6) is 0 Å². The van der Waals surface area contributed by atoms with E-state index < -0.39 is 18.3 Å². The van der Waals surface area contributed by atoms with Crippen LogP contribution >= 0.6 is 0 Å². The summed E-state index contributed by atoms with van der Waals surface area (Å²) in [6.45, 7) is 1.94. The number of carbonyl (C=O) groups is 2. The second-order valence-electron chi connectivity index (χ2n) is 3.23. The summed E-state index contributed by atoms with van der Waals surface area (Å²) in [4.78, 5) is 21.6. The number of rotatable bonds is 3. The molecule has 0 saturated heterocycles. The minimum atomic E-state index is -1.67. The van der Waals surface area contributed by atoms with Crippen LogP contribution in [0.3, 0.4) is 0 Å². The van der Waals surface area contributed by atoms with Crippen molar-refractivity contribution in [3.63, 3.8) is 0 Å². The van der Waals surface area contributed by atoms with Gasteiger partial charge >= 0.3 is 12.1 Å². The fraction of sp³-hybridized carbons (Fsp3) is 0.750. The minimum Gasteiger partial charge on any atom is -0.466 e. The van der Waals surface area contributed by atoms with E-state index in [-0.39, 0.29) is 6.10 Å². The Morgan fingerprint density at radius 2 is 2.14 bits per heavy atom. The predicted octanol–water partition coefficient (Wildman–Crippen LogP) is -0.388. The molecule has 0 aromatic heterocycles. The van der Waals surface area contributed by atoms with E-state index in [9.17, 15) is 9.59 Å². The molecular weight excluding hydrogens is 190 g/mol. The lowest BCUT2D eigenvalue weighted by molar-refractivity contribution is -0.151. The second-order valence-corrected chi connectivity index (χ2v) is 3.23. The second kappa shape index (κ2) is 4.28. The van der Waals surface area contributed by atoms with E-state index in [0.717, 1.165) is 13.5 Å². The molecule has 0 bridgehead atoms. The third kappa shape index (κ3) is 2.88. The number of esters is 1. The molecule has 1 amide bonds. The van der Waals surface area contributed by atoms with Crippen LogP contribution in [0.2, 0.25) is 0 Å². The van der Waals surface area contributed by atoms with Crippen LogP contribution in [-0.4, -0.2) is 36.6 Å². The molecule has 1 unspecified atom stereocenters. The van der Waals surface area contributed by atoms with Crippen molar-refractivity contribution >= 4 is 12.1 Å². The maximum absolute atomic E-state index is 11.0. The van der Waals surface area contributed by atoms with Gasteiger partial charge in [0.1, 0.15) is 6.10 Å². The lowest BCUT2D eigenvalue weighted by Gasteiger charge is -2.10. The number of methoxy groups -OCH3 is 1. The van der Waals surface area contributed by atoms with Gasteiger partial charge in [-0.2, -0.15) is 0 Å². The van der Waals surface area contributed by atoms with Crippen molar-refractivity contribution in [2.75, 3.05) is 7.11 Å². The van der Waals surface area contributed by atoms with Crippen molar-refractivity contribution in [2.45, 2.75) is 25.7 Å². The molecule has 0 heterocycles. The van der Waals surface area contributed by atoms with E-state index in [2.05, 4.69) is 4.74 Å². The molecule has 6 nitrogen and oxygen atoms in total. The van der Waals surface area contributed by atoms with E-state index in [1.807, 2.05) is 12.2 Å². The van der Waals surface area contributed by atoms with Crippen molar-refractivity contribution in [2.24, 2.45) is 5.92 Å². The normalized spacial score (nSPS) is 26.2. The highest BCUT2D eigenvalue weighted by atomic mass is 16.6. The van der Waals surface area contributed by atoms with Gasteiger partial charge in [0.15, 0.2) is 0 Å². The zero-order valence-electron chi connectivity index (χ0n) is 8.02. The van der Waals surface area contributed by atoms with Crippen molar-refractivity contribution in [1.82, 2.24) is 5.32 Å². The Morgan fingerprint density at radius 1 is 1.57 bits per heavy atom. The third-order valence-electron chi connectivity index (χ3n) is 1.97. The fourth-order valence-electron chi connectivity index (χ4n) is 0.906. The van der Waals surface area contributed by atoms with Crippen molar-refractivity contribution in [3.8, 4) is 0 Å². The quantitative estimate of drug-likeness (QED) is 0.482. The summed E-state index contributed by atoms with van der Waals surface area (Å²) in [5.74, 6) is -0.568. The Morgan fingerprint density at radius 3 is 2.57 bits per heavy atom. The summed E-state index contributed by atoms with van der Waals surface area (Å²) in [5.41, 5.74) is 0. The van der Waals surface area contributed by atoms with Crippen LogP contribution in [0.25, 0.3) is 0 Å². The molecule has 14 heavy (non-hydrogen) atoms. The van der Waals surface area contributed by atoms with Gasteiger partial charge in [-0.25, -0.2) is 9.59 Å². The Balaban J connectivity index is 2.22. The van der Waals surface area contributed by atoms with E-state index >= 15 is 0 Å². The lowest BCUT2D eigenvalue weighted by atomic mass is 10.5. The standard InChI is InChI=1S/C8H13NO5/c1-4-3-5(4)14-8(12)9-6(10)7(11)13-2/h4-6,10H,3H2,1-2H3,(H,9,12)/t4-,5-,6?/m1/s1. The van der Waals surface area contributed by atoms with Gasteiger partial charge in [-0.3, -0.25) is 5.32 Å². The maximum atomic E-state index is 11.0. The Kier molecular flexibility index (Phi) is 3.29. The molecule has 0 spiro atoms. The summed E-state index contributed by atoms with van der Waals surface area (Å²) >= 11 is 0. The number of aliphatic hydroxyl groups is 1. The largest absolute Gasteiger partial charge is 0.466 e. The zero-order chi connectivity index (χ0) is 10.7. The van der Waals surface area contributed by atoms with Crippen LogP contribution in [-0.2, 0) is 14.3 Å². The molecule has 1 fully saturated rings. The highest BCUT2D eigenvalue weighted by Crippen LogP contribution is 2.32. The van der Waals surface area contributed by atoms with Gasteiger partial charge in [0, 0.05) is 0 Å². The summed E-state index contributed by atoms with van der Waals surface area (Å²) in [5, 5.41) is 10.9. The predicted molar refractivity (Wildman–Crippen MR) is 45.2 cm³/mol. The van der Waals surface area contributed by atoms with Crippen LogP contribution in [0.1, 0.15) is 13.3 Å². The van der Waals surface area contributed by atoms with Gasteiger partial charge in [-0.05, 0) is 12.3 Å². The molecule has 6 heteroatoms. The SMILES string of the molecule is COC(=O)C(O)NC(=O)O[C@@H]1C[C@H]1C. The number of carbonyl (C=O) groups excluding carboxylic acids is 2. The molecule has 1 aliphatic carbocycles. The molecular formula is C8H13NO5. The highest BCUT2D eigenvalue weighted by molar-refractivity contribution is 5.79. The number of aliphatic hydroxyl groups excluding tert-OH is 1. The van der Waals surface area contributed by atoms with Gasteiger partial charge < -0.3 is 14.6 Å². The average Bonchev–Trinajstić information content (AvgIpc) is 2.79. The number of alkyl carbamates (subject to hydrolysis) is 1. The van der Waals surface area contributed by atoms with Crippen molar-refractivity contribution in [3.05, 3.63) is 0 Å². The highest BCUT2D eigenvalue weighted by Gasteiger charge is 2.37. The van der Waals surface area contributed by atoms with E-state index in [1.54, 1.807) is 0 Å². The van der Waals surface area contributed by atoms with Crippen LogP contribution in [0, 0.1) is 5.92 Å². The summed E-state index contributed by atoms with van der Waals surface area (Å²) in [6.07, 6.45) is -1.75. The minimum absolute atomic E-state index is 0.0974. The Labute approximate surface area is 81.2 Å². The average molecular weight is 203 g/mol. The lowest BCUT2D eigenvalue weighted by Crippen LogP contribution is -2.41. The van der Waals surface area contributed by atoms with Gasteiger partial charge in [0.25, 0.3) is 0 Å². The molecule has 1 aliphatic rings. The third-order valence-corrected chi connectivity index (χ3v) is 1.97. The van der Waals surface area contributed by atoms with E-state index in [0.29, 0.717) is 5.92 Å². The van der Waals surface area contributed by atoms with Crippen LogP contribution in [0.15, 0.2) is 0 Å². The van der Waals surface area contributed by atoms with Crippen molar-refractivity contribution < 1.29 is 24.2 Å². The number of hydrogen-bond donors (Lipinski definition) is 2. The summed E-state index contributed by atoms with van der Waals surface area (Å²) < 4.78 is 9.02. The van der Waals surface area contributed by atoms with Gasteiger partial charge in [0.2, 0.25) is 6.23 Å². The first-order chi connectivity index (χ1) is 6.54. The topological polar surface area (TPSA) is 84.9 Å². The molecule has 1 saturated carbocycles. The monoisotopic (exact) mass is 203 g/mol. The zero-order valence-corrected chi connectivity index (χ0v) is 8.02. The number of ether oxygens (including phenoxy) is 2. The van der Waals surface area contributed by atoms with Gasteiger partial charge in [-0.1, -0.05) is 6.92 Å². The van der Waals surface area contributed by atoms with Crippen LogP contribution in [0.4, 0.5) is 4.79 Å². The molecule has 0 aliphatic heterocycles. The number of hydrogen-bond acceptors (Lipinski definition) is 5. The van der Waals surface area contributed by atoms with Crippen molar-refractivity contribution in [1.29, 1.82) is 0 Å². The van der Waals surface area contributed by atoms with E-state index in [1.165, 1.54) is 0 Å². The first-order valence-corrected chi connectivity index (χ1v) is 4.27. The smallest absolute Gasteiger partial charge is 0.409 e. The number of amides is 1. The molecule has 2 N–H and O–H groups in total. The van der Waals surface area contributed by atoms with E-state index in [4.69, 9.17) is 9.84 Å². The van der Waals surface area contributed by atoms with Crippen LogP contribution < -0.4 is 5.32 Å². The first kappa shape index (κ1) is 10.8. The molecule has 3 atom stereocenters. The molecule has 0 aromatic rings. The summed E-state index contributed by atoms with van der Waals surface area (Å²) in [7, 11) is 1.11. The molecule has 1 rings (SSSR count). The number of nitrogens with one attached hydrogen (secondary N) is 1. The maximum Gasteiger partial charge on any atom is 0.409 e. The molecule has 0 radical (unpaired) electrons. The Bertz CT molecular complexity index is 242. The molecule has 0 aromatic carbocycles. The first-order valence-electron chi connectivity index (χ1n) is 4.27. The molecule has 80 valence electrons. The summed E-state index contributed by atoms with van der Waals surface area (Å²) in [6, 6.07) is 0.